The number of carbonyl (C=O) groups is 3. The highest BCUT2D eigenvalue weighted by atomic mass is 16.6. The van der Waals surface area contributed by atoms with Crippen molar-refractivity contribution in [1.29, 1.82) is 0 Å². The Balaban J connectivity index is 4.27. The first-order valence-corrected chi connectivity index (χ1v) is 24.8. The lowest BCUT2D eigenvalue weighted by atomic mass is 10.0. The van der Waals surface area contributed by atoms with Gasteiger partial charge in [-0.3, -0.25) is 14.4 Å². The summed E-state index contributed by atoms with van der Waals surface area (Å²) in [7, 11) is 0. The van der Waals surface area contributed by atoms with Crippen LogP contribution >= 0.6 is 0 Å². The van der Waals surface area contributed by atoms with E-state index in [0.717, 1.165) is 89.9 Å². The van der Waals surface area contributed by atoms with Crippen LogP contribution in [0.15, 0.2) is 24.3 Å². The van der Waals surface area contributed by atoms with Crippen LogP contribution in [0.4, 0.5) is 0 Å². The number of unbranched alkanes of at least 4 members (excludes halogenated alkanes) is 30. The maximum Gasteiger partial charge on any atom is 0.306 e. The highest BCUT2D eigenvalue weighted by Gasteiger charge is 2.19. The SMILES string of the molecule is CCCC/C=C\CCCCCCCC(=O)OC(COC(=O)CCCCCC/C=C\CCCC)COC(=O)CCCCCCCCCCCCCCCCCCCC. The Labute approximate surface area is 353 Å². The molecule has 1 unspecified atom stereocenters. The van der Waals surface area contributed by atoms with Crippen molar-refractivity contribution in [2.75, 3.05) is 13.2 Å². The summed E-state index contributed by atoms with van der Waals surface area (Å²) < 4.78 is 16.7. The van der Waals surface area contributed by atoms with Crippen LogP contribution in [0.5, 0.6) is 0 Å². The van der Waals surface area contributed by atoms with Gasteiger partial charge in [0.25, 0.3) is 0 Å². The van der Waals surface area contributed by atoms with E-state index < -0.39 is 6.10 Å². The van der Waals surface area contributed by atoms with Crippen molar-refractivity contribution < 1.29 is 28.6 Å². The standard InChI is InChI=1S/C51H94O6/c1-4-7-10-13-16-19-22-23-24-25-26-27-28-30-32-35-38-41-44-50(53)56-47-48(46-55-49(52)43-40-37-34-31-21-18-15-12-9-6-3)57-51(54)45-42-39-36-33-29-20-17-14-11-8-5-2/h14-15,17-18,48H,4-13,16,19-47H2,1-3H3/b17-14-,18-15-. The Morgan fingerprint density at radius 3 is 0.930 bits per heavy atom. The van der Waals surface area contributed by atoms with Gasteiger partial charge in [-0.1, -0.05) is 212 Å². The largest absolute Gasteiger partial charge is 0.462 e. The van der Waals surface area contributed by atoms with Gasteiger partial charge in [0.15, 0.2) is 6.10 Å². The Kier molecular flexibility index (Phi) is 44.9. The summed E-state index contributed by atoms with van der Waals surface area (Å²) in [5.74, 6) is -0.890. The van der Waals surface area contributed by atoms with E-state index in [4.69, 9.17) is 14.2 Å². The van der Waals surface area contributed by atoms with Gasteiger partial charge in [0.05, 0.1) is 0 Å². The number of ether oxygens (including phenoxy) is 3. The zero-order chi connectivity index (χ0) is 41.5. The molecule has 0 fully saturated rings. The van der Waals surface area contributed by atoms with Crippen molar-refractivity contribution in [2.24, 2.45) is 0 Å². The van der Waals surface area contributed by atoms with Crippen LogP contribution in [0.1, 0.15) is 265 Å². The molecule has 334 valence electrons. The van der Waals surface area contributed by atoms with Crippen LogP contribution in [0.3, 0.4) is 0 Å². The Morgan fingerprint density at radius 2 is 0.596 bits per heavy atom. The second kappa shape index (κ2) is 46.6. The fourth-order valence-corrected chi connectivity index (χ4v) is 7.11. The molecule has 0 aliphatic carbocycles. The quantitative estimate of drug-likeness (QED) is 0.0264. The van der Waals surface area contributed by atoms with E-state index in [0.29, 0.717) is 19.3 Å². The minimum atomic E-state index is -0.773. The third-order valence-corrected chi connectivity index (χ3v) is 10.9. The summed E-state index contributed by atoms with van der Waals surface area (Å²) in [6.45, 7) is 6.56. The molecule has 0 aliphatic rings. The molecule has 6 heteroatoms. The van der Waals surface area contributed by atoms with Gasteiger partial charge >= 0.3 is 17.9 Å². The topological polar surface area (TPSA) is 78.9 Å². The van der Waals surface area contributed by atoms with Crippen molar-refractivity contribution in [3.05, 3.63) is 24.3 Å². The molecular weight excluding hydrogens is 709 g/mol. The fourth-order valence-electron chi connectivity index (χ4n) is 7.11. The van der Waals surface area contributed by atoms with Gasteiger partial charge in [0.2, 0.25) is 0 Å². The van der Waals surface area contributed by atoms with Crippen LogP contribution in [-0.2, 0) is 28.6 Å². The van der Waals surface area contributed by atoms with Gasteiger partial charge in [-0.25, -0.2) is 0 Å². The first kappa shape index (κ1) is 54.9. The molecule has 0 heterocycles. The second-order valence-electron chi connectivity index (χ2n) is 16.7. The molecule has 0 saturated heterocycles. The molecular formula is C51H94O6. The molecule has 0 aromatic heterocycles. The van der Waals surface area contributed by atoms with Crippen LogP contribution in [-0.4, -0.2) is 37.2 Å². The van der Waals surface area contributed by atoms with Crippen LogP contribution < -0.4 is 0 Å². The first-order valence-electron chi connectivity index (χ1n) is 24.8. The monoisotopic (exact) mass is 803 g/mol. The van der Waals surface area contributed by atoms with Crippen LogP contribution in [0.25, 0.3) is 0 Å². The number of carbonyl (C=O) groups excluding carboxylic acids is 3. The molecule has 0 radical (unpaired) electrons. The molecule has 0 aromatic rings. The van der Waals surface area contributed by atoms with Crippen molar-refractivity contribution in [1.82, 2.24) is 0 Å². The number of hydrogen-bond donors (Lipinski definition) is 0. The summed E-state index contributed by atoms with van der Waals surface area (Å²) in [4.78, 5) is 37.8. The maximum absolute atomic E-state index is 12.7. The summed E-state index contributed by atoms with van der Waals surface area (Å²) in [6, 6.07) is 0. The predicted octanol–water partition coefficient (Wildman–Crippen LogP) is 16.0. The minimum absolute atomic E-state index is 0.0750. The third kappa shape index (κ3) is 44.8. The molecule has 6 nitrogen and oxygen atoms in total. The summed E-state index contributed by atoms with van der Waals surface area (Å²) in [5.41, 5.74) is 0. The van der Waals surface area contributed by atoms with Crippen molar-refractivity contribution >= 4 is 17.9 Å². The first-order chi connectivity index (χ1) is 28.0. The van der Waals surface area contributed by atoms with Crippen LogP contribution in [0.2, 0.25) is 0 Å². The number of rotatable bonds is 45. The molecule has 57 heavy (non-hydrogen) atoms. The van der Waals surface area contributed by atoms with E-state index in [1.807, 2.05) is 0 Å². The van der Waals surface area contributed by atoms with Gasteiger partial charge in [-0.05, 0) is 57.8 Å². The number of hydrogen-bond acceptors (Lipinski definition) is 6. The van der Waals surface area contributed by atoms with E-state index in [9.17, 15) is 14.4 Å². The summed E-state index contributed by atoms with van der Waals surface area (Å²) in [5, 5.41) is 0. The molecule has 0 N–H and O–H groups in total. The van der Waals surface area contributed by atoms with Gasteiger partial charge in [0.1, 0.15) is 13.2 Å². The average molecular weight is 803 g/mol. The average Bonchev–Trinajstić information content (AvgIpc) is 3.21. The lowest BCUT2D eigenvalue weighted by Gasteiger charge is -2.18. The molecule has 0 amide bonds. The molecule has 0 aromatic carbocycles. The zero-order valence-electron chi connectivity index (χ0n) is 38.1. The van der Waals surface area contributed by atoms with Crippen molar-refractivity contribution in [3.63, 3.8) is 0 Å². The second-order valence-corrected chi connectivity index (χ2v) is 16.7. The van der Waals surface area contributed by atoms with E-state index >= 15 is 0 Å². The number of esters is 3. The summed E-state index contributed by atoms with van der Waals surface area (Å²) in [6.07, 6.45) is 51.7. The minimum Gasteiger partial charge on any atom is -0.462 e. The molecule has 0 spiro atoms. The van der Waals surface area contributed by atoms with Gasteiger partial charge < -0.3 is 14.2 Å². The van der Waals surface area contributed by atoms with E-state index in [1.165, 1.54) is 135 Å². The molecule has 0 bridgehead atoms. The Bertz CT molecular complexity index is 927. The number of allylic oxidation sites excluding steroid dienone is 4. The fraction of sp³-hybridized carbons (Fsp3) is 0.863. The normalized spacial score (nSPS) is 12.1. The lowest BCUT2D eigenvalue weighted by Crippen LogP contribution is -2.30. The van der Waals surface area contributed by atoms with E-state index in [-0.39, 0.29) is 31.1 Å². The molecule has 0 rings (SSSR count). The molecule has 1 atom stereocenters. The predicted molar refractivity (Wildman–Crippen MR) is 243 cm³/mol. The van der Waals surface area contributed by atoms with Crippen molar-refractivity contribution in [3.8, 4) is 0 Å². The van der Waals surface area contributed by atoms with Crippen LogP contribution in [0, 0.1) is 0 Å². The lowest BCUT2D eigenvalue weighted by molar-refractivity contribution is -0.167. The Morgan fingerprint density at radius 1 is 0.333 bits per heavy atom. The van der Waals surface area contributed by atoms with E-state index in [2.05, 4.69) is 45.1 Å². The highest BCUT2D eigenvalue weighted by Crippen LogP contribution is 2.16. The van der Waals surface area contributed by atoms with Gasteiger partial charge in [0, 0.05) is 19.3 Å². The maximum atomic E-state index is 12.7. The zero-order valence-corrected chi connectivity index (χ0v) is 38.1. The van der Waals surface area contributed by atoms with E-state index in [1.54, 1.807) is 0 Å². The van der Waals surface area contributed by atoms with Gasteiger partial charge in [-0.2, -0.15) is 0 Å². The third-order valence-electron chi connectivity index (χ3n) is 10.9. The molecule has 0 saturated carbocycles. The Hall–Kier alpha value is -2.11. The van der Waals surface area contributed by atoms with Crippen molar-refractivity contribution in [2.45, 2.75) is 271 Å². The smallest absolute Gasteiger partial charge is 0.306 e. The highest BCUT2D eigenvalue weighted by molar-refractivity contribution is 5.71. The molecule has 0 aliphatic heterocycles. The van der Waals surface area contributed by atoms with Gasteiger partial charge in [-0.15, -0.1) is 0 Å². The summed E-state index contributed by atoms with van der Waals surface area (Å²) >= 11 is 0.